The van der Waals surface area contributed by atoms with E-state index in [1.807, 2.05) is 39.0 Å². The quantitative estimate of drug-likeness (QED) is 0.209. The fourth-order valence-corrected chi connectivity index (χ4v) is 3.05. The maximum Gasteiger partial charge on any atom is 0.347 e. The van der Waals surface area contributed by atoms with E-state index in [0.717, 1.165) is 12.8 Å². The van der Waals surface area contributed by atoms with Gasteiger partial charge in [-0.15, -0.1) is 0 Å². The van der Waals surface area contributed by atoms with Gasteiger partial charge in [-0.05, 0) is 45.4 Å². The molecule has 6 heteroatoms. The molecule has 2 aromatic rings. The molecule has 0 atom stereocenters. The Morgan fingerprint density at radius 1 is 1.07 bits per heavy atom. The summed E-state index contributed by atoms with van der Waals surface area (Å²) in [5.74, 6) is 0.911. The lowest BCUT2D eigenvalue weighted by Crippen LogP contribution is -2.18. The van der Waals surface area contributed by atoms with E-state index in [1.54, 1.807) is 32.4 Å². The third-order valence-electron chi connectivity index (χ3n) is 4.46. The molecule has 0 aromatic heterocycles. The number of ether oxygens (including phenoxy) is 5. The lowest BCUT2D eigenvalue weighted by molar-refractivity contribution is -0.107. The van der Waals surface area contributed by atoms with Gasteiger partial charge < -0.3 is 23.7 Å². The fraction of sp³-hybridized carbons (Fsp3) is 0.458. The summed E-state index contributed by atoms with van der Waals surface area (Å²) >= 11 is 0. The molecule has 0 amide bonds. The Labute approximate surface area is 179 Å². The molecule has 0 saturated heterocycles. The standard InChI is InChI=1S/C24H32O6/c1-7-8-14-28-20-15-19(24(26-5)27-6)22(29-16(2)3)17(4)21(20)23(25)30-18-12-10-9-11-13-18/h9-13,15-16,24H,7-8,14H2,1-6H3. The molecule has 6 nitrogen and oxygen atoms in total. The molecular weight excluding hydrogens is 384 g/mol. The molecule has 0 unspecified atom stereocenters. The van der Waals surface area contributed by atoms with E-state index in [-0.39, 0.29) is 6.10 Å². The van der Waals surface area contributed by atoms with E-state index in [2.05, 4.69) is 6.92 Å². The predicted octanol–water partition coefficient (Wildman–Crippen LogP) is 5.47. The maximum atomic E-state index is 13.1. The molecule has 0 heterocycles. The van der Waals surface area contributed by atoms with E-state index < -0.39 is 12.3 Å². The SMILES string of the molecule is CCCCOc1cc(C(OC)OC)c(OC(C)C)c(C)c1C(=O)Oc1ccccc1. The van der Waals surface area contributed by atoms with Crippen LogP contribution in [0.3, 0.4) is 0 Å². The molecule has 0 aliphatic carbocycles. The highest BCUT2D eigenvalue weighted by atomic mass is 16.7. The zero-order chi connectivity index (χ0) is 22.1. The van der Waals surface area contributed by atoms with Crippen molar-refractivity contribution in [3.63, 3.8) is 0 Å². The van der Waals surface area contributed by atoms with Crippen molar-refractivity contribution in [3.05, 3.63) is 53.1 Å². The molecule has 0 spiro atoms. The minimum absolute atomic E-state index is 0.110. The number of esters is 1. The van der Waals surface area contributed by atoms with Gasteiger partial charge in [0.25, 0.3) is 0 Å². The Bertz CT molecular complexity index is 812. The molecule has 2 aromatic carbocycles. The van der Waals surface area contributed by atoms with Crippen molar-refractivity contribution in [1.29, 1.82) is 0 Å². The third kappa shape index (κ3) is 5.97. The smallest absolute Gasteiger partial charge is 0.347 e. The van der Waals surface area contributed by atoms with Crippen molar-refractivity contribution in [1.82, 2.24) is 0 Å². The van der Waals surface area contributed by atoms with Crippen molar-refractivity contribution in [2.45, 2.75) is 52.9 Å². The lowest BCUT2D eigenvalue weighted by atomic mass is 10.0. The summed E-state index contributed by atoms with van der Waals surface area (Å²) in [5.41, 5.74) is 1.61. The van der Waals surface area contributed by atoms with E-state index >= 15 is 0 Å². The van der Waals surface area contributed by atoms with E-state index in [1.165, 1.54) is 0 Å². The van der Waals surface area contributed by atoms with Gasteiger partial charge in [0.05, 0.1) is 18.3 Å². The Balaban J connectivity index is 2.58. The molecular formula is C24H32O6. The van der Waals surface area contributed by atoms with Gasteiger partial charge in [-0.25, -0.2) is 4.79 Å². The third-order valence-corrected chi connectivity index (χ3v) is 4.46. The van der Waals surface area contributed by atoms with Gasteiger partial charge in [0, 0.05) is 19.8 Å². The van der Waals surface area contributed by atoms with Crippen LogP contribution in [0.15, 0.2) is 36.4 Å². The summed E-state index contributed by atoms with van der Waals surface area (Å²) in [6.07, 6.45) is 1.07. The number of hydrogen-bond acceptors (Lipinski definition) is 6. The van der Waals surface area contributed by atoms with Crippen molar-refractivity contribution >= 4 is 5.97 Å². The molecule has 0 saturated carbocycles. The summed E-state index contributed by atoms with van der Waals surface area (Å²) in [5, 5.41) is 0. The summed E-state index contributed by atoms with van der Waals surface area (Å²) < 4.78 is 28.6. The van der Waals surface area contributed by atoms with Gasteiger partial charge in [0.2, 0.25) is 0 Å². The molecule has 0 radical (unpaired) electrons. The summed E-state index contributed by atoms with van der Waals surface area (Å²) in [4.78, 5) is 13.1. The van der Waals surface area contributed by atoms with Gasteiger partial charge in [0.1, 0.15) is 22.8 Å². The molecule has 0 N–H and O–H groups in total. The molecule has 2 rings (SSSR count). The summed E-state index contributed by atoms with van der Waals surface area (Å²) in [6.45, 7) is 8.22. The predicted molar refractivity (Wildman–Crippen MR) is 116 cm³/mol. The number of benzene rings is 2. The van der Waals surface area contributed by atoms with Crippen LogP contribution in [0, 0.1) is 6.92 Å². The summed E-state index contributed by atoms with van der Waals surface area (Å²) in [6, 6.07) is 10.7. The zero-order valence-corrected chi connectivity index (χ0v) is 18.7. The van der Waals surface area contributed by atoms with Crippen LogP contribution in [-0.2, 0) is 9.47 Å². The van der Waals surface area contributed by atoms with Crippen LogP contribution in [0.5, 0.6) is 17.2 Å². The highest BCUT2D eigenvalue weighted by Crippen LogP contribution is 2.40. The fourth-order valence-electron chi connectivity index (χ4n) is 3.05. The summed E-state index contributed by atoms with van der Waals surface area (Å²) in [7, 11) is 3.11. The Kier molecular flexibility index (Phi) is 9.15. The Hall–Kier alpha value is -2.57. The van der Waals surface area contributed by atoms with Gasteiger partial charge in [-0.3, -0.25) is 0 Å². The number of hydrogen-bond donors (Lipinski definition) is 0. The van der Waals surface area contributed by atoms with Crippen LogP contribution >= 0.6 is 0 Å². The first-order valence-electron chi connectivity index (χ1n) is 10.2. The number of methoxy groups -OCH3 is 2. The Morgan fingerprint density at radius 2 is 1.73 bits per heavy atom. The maximum absolute atomic E-state index is 13.1. The average molecular weight is 417 g/mol. The van der Waals surface area contributed by atoms with Crippen molar-refractivity contribution in [3.8, 4) is 17.2 Å². The zero-order valence-electron chi connectivity index (χ0n) is 18.7. The van der Waals surface area contributed by atoms with Gasteiger partial charge >= 0.3 is 5.97 Å². The number of unbranched alkanes of at least 4 members (excludes halogenated alkanes) is 1. The first-order chi connectivity index (χ1) is 14.4. The number of carbonyl (C=O) groups is 1. The second-order valence-corrected chi connectivity index (χ2v) is 7.17. The minimum atomic E-state index is -0.662. The second-order valence-electron chi connectivity index (χ2n) is 7.17. The monoisotopic (exact) mass is 416 g/mol. The van der Waals surface area contributed by atoms with Crippen molar-refractivity contribution in [2.75, 3.05) is 20.8 Å². The van der Waals surface area contributed by atoms with Gasteiger partial charge in [0.15, 0.2) is 6.29 Å². The number of para-hydroxylation sites is 1. The number of carbonyl (C=O) groups excluding carboxylic acids is 1. The number of rotatable bonds is 11. The normalized spacial score (nSPS) is 11.1. The molecule has 0 aliphatic rings. The molecule has 0 fully saturated rings. The Morgan fingerprint density at radius 3 is 2.30 bits per heavy atom. The van der Waals surface area contributed by atoms with Gasteiger partial charge in [-0.2, -0.15) is 0 Å². The topological polar surface area (TPSA) is 63.2 Å². The lowest BCUT2D eigenvalue weighted by Gasteiger charge is -2.24. The second kappa shape index (κ2) is 11.6. The van der Waals surface area contributed by atoms with Crippen LogP contribution in [0.25, 0.3) is 0 Å². The molecule has 0 bridgehead atoms. The first-order valence-corrected chi connectivity index (χ1v) is 10.2. The van der Waals surface area contributed by atoms with Crippen molar-refractivity contribution < 1.29 is 28.5 Å². The van der Waals surface area contributed by atoms with Crippen LogP contribution in [-0.4, -0.2) is 32.9 Å². The van der Waals surface area contributed by atoms with E-state index in [0.29, 0.717) is 40.5 Å². The highest BCUT2D eigenvalue weighted by molar-refractivity contribution is 5.96. The molecule has 0 aliphatic heterocycles. The van der Waals surface area contributed by atoms with E-state index in [4.69, 9.17) is 23.7 Å². The van der Waals surface area contributed by atoms with Crippen LogP contribution in [0.4, 0.5) is 0 Å². The minimum Gasteiger partial charge on any atom is -0.493 e. The average Bonchev–Trinajstić information content (AvgIpc) is 2.72. The first kappa shape index (κ1) is 23.7. The van der Waals surface area contributed by atoms with Gasteiger partial charge in [-0.1, -0.05) is 31.5 Å². The van der Waals surface area contributed by atoms with E-state index in [9.17, 15) is 4.79 Å². The van der Waals surface area contributed by atoms with Crippen LogP contribution in [0.2, 0.25) is 0 Å². The van der Waals surface area contributed by atoms with Crippen LogP contribution < -0.4 is 14.2 Å². The molecule has 164 valence electrons. The molecule has 30 heavy (non-hydrogen) atoms. The van der Waals surface area contributed by atoms with Crippen molar-refractivity contribution in [2.24, 2.45) is 0 Å². The highest BCUT2D eigenvalue weighted by Gasteiger charge is 2.28. The largest absolute Gasteiger partial charge is 0.493 e. The van der Waals surface area contributed by atoms with Crippen LogP contribution in [0.1, 0.15) is 61.4 Å².